The van der Waals surface area contributed by atoms with Gasteiger partial charge < -0.3 is 25.8 Å². The average Bonchev–Trinajstić information content (AvgIpc) is 2.83. The van der Waals surface area contributed by atoms with Gasteiger partial charge in [0.1, 0.15) is 6.61 Å². The van der Waals surface area contributed by atoms with E-state index in [1.54, 1.807) is 7.05 Å². The molecule has 0 aliphatic rings. The summed E-state index contributed by atoms with van der Waals surface area (Å²) in [5, 5.41) is 15.6. The number of carbonyl (C=O) groups excluding carboxylic acids is 2. The van der Waals surface area contributed by atoms with E-state index in [1.807, 2.05) is 0 Å². The molecule has 0 bridgehead atoms. The molecule has 0 spiro atoms. The van der Waals surface area contributed by atoms with Gasteiger partial charge in [-0.1, -0.05) is 58.3 Å². The van der Waals surface area contributed by atoms with Crippen molar-refractivity contribution >= 4 is 11.8 Å². The van der Waals surface area contributed by atoms with Crippen molar-refractivity contribution in [3.63, 3.8) is 0 Å². The molecule has 7 heteroatoms. The second-order valence-electron chi connectivity index (χ2n) is 8.02. The van der Waals surface area contributed by atoms with Gasteiger partial charge in [-0.2, -0.15) is 0 Å². The smallest absolute Gasteiger partial charge is 0.266 e. The van der Waals surface area contributed by atoms with Crippen molar-refractivity contribution < 1.29 is 19.4 Å². The maximum Gasteiger partial charge on any atom is 0.266 e. The number of likely N-dealkylation sites (N-methyl/N-ethyl adjacent to an activating group) is 1. The maximum atomic E-state index is 11.8. The number of nitrogens with one attached hydrogen (secondary N) is 3. The highest BCUT2D eigenvalue weighted by atomic mass is 16.5. The number of carbonyl (C=O) groups is 2. The zero-order valence-electron chi connectivity index (χ0n) is 21.7. The Labute approximate surface area is 202 Å². The van der Waals surface area contributed by atoms with Crippen LogP contribution in [0.25, 0.3) is 0 Å². The van der Waals surface area contributed by atoms with Crippen LogP contribution >= 0.6 is 0 Å². The maximum absolute atomic E-state index is 11.8. The molecule has 33 heavy (non-hydrogen) atoms. The lowest BCUT2D eigenvalue weighted by Crippen LogP contribution is -2.36. The average molecular weight is 470 g/mol. The first-order valence-electron chi connectivity index (χ1n) is 12.7. The molecule has 7 nitrogen and oxygen atoms in total. The fraction of sp³-hybridized carbons (Fsp3) is 0.769. The third-order valence-electron chi connectivity index (χ3n) is 5.19. The van der Waals surface area contributed by atoms with Gasteiger partial charge in [-0.05, 0) is 51.4 Å². The molecule has 0 aliphatic heterocycles. The second-order valence-corrected chi connectivity index (χ2v) is 8.02. The van der Waals surface area contributed by atoms with Crippen LogP contribution in [0.2, 0.25) is 0 Å². The van der Waals surface area contributed by atoms with Gasteiger partial charge in [0.05, 0.1) is 5.70 Å². The van der Waals surface area contributed by atoms with Crippen molar-refractivity contribution in [2.24, 2.45) is 0 Å². The normalized spacial score (nSPS) is 11.4. The Balaban J connectivity index is 0. The Morgan fingerprint density at radius 2 is 1.58 bits per heavy atom. The van der Waals surface area contributed by atoms with Crippen molar-refractivity contribution in [1.29, 1.82) is 0 Å². The largest absolute Gasteiger partial charge is 0.400 e. The van der Waals surface area contributed by atoms with Gasteiger partial charge >= 0.3 is 0 Å². The van der Waals surface area contributed by atoms with E-state index in [4.69, 9.17) is 9.84 Å². The number of allylic oxidation sites excluding steroid dienone is 2. The van der Waals surface area contributed by atoms with Crippen LogP contribution in [-0.2, 0) is 14.3 Å². The van der Waals surface area contributed by atoms with Crippen LogP contribution in [-0.4, -0.2) is 56.9 Å². The lowest BCUT2D eigenvalue weighted by atomic mass is 10.1. The van der Waals surface area contributed by atoms with Gasteiger partial charge in [0.2, 0.25) is 5.91 Å². The van der Waals surface area contributed by atoms with Crippen LogP contribution in [0.3, 0.4) is 0 Å². The molecule has 2 amide bonds. The Hall–Kier alpha value is -1.86. The van der Waals surface area contributed by atoms with Gasteiger partial charge in [-0.15, -0.1) is 0 Å². The van der Waals surface area contributed by atoms with Crippen molar-refractivity contribution in [2.75, 3.05) is 33.9 Å². The molecule has 1 unspecified atom stereocenters. The zero-order valence-corrected chi connectivity index (χ0v) is 21.7. The van der Waals surface area contributed by atoms with Crippen LogP contribution in [0.5, 0.6) is 0 Å². The summed E-state index contributed by atoms with van der Waals surface area (Å²) in [4.78, 5) is 23.1. The first kappa shape index (κ1) is 33.3. The summed E-state index contributed by atoms with van der Waals surface area (Å²) < 4.78 is 5.50. The summed E-state index contributed by atoms with van der Waals surface area (Å²) in [5.41, 5.74) is 0.433. The molecule has 0 rings (SSSR count). The predicted octanol–water partition coefficient (Wildman–Crippen LogP) is 4.22. The third kappa shape index (κ3) is 23.1. The molecule has 0 saturated heterocycles. The highest BCUT2D eigenvalue weighted by molar-refractivity contribution is 5.91. The number of amides is 2. The van der Waals surface area contributed by atoms with Crippen molar-refractivity contribution in [2.45, 2.75) is 96.9 Å². The van der Waals surface area contributed by atoms with Crippen molar-refractivity contribution in [3.8, 4) is 0 Å². The van der Waals surface area contributed by atoms with Crippen LogP contribution < -0.4 is 16.0 Å². The second kappa shape index (κ2) is 26.4. The van der Waals surface area contributed by atoms with E-state index >= 15 is 0 Å². The van der Waals surface area contributed by atoms with Gasteiger partial charge in [0, 0.05) is 33.4 Å². The highest BCUT2D eigenvalue weighted by Crippen LogP contribution is 2.07. The van der Waals surface area contributed by atoms with Gasteiger partial charge in [-0.3, -0.25) is 9.59 Å². The molecule has 194 valence electrons. The summed E-state index contributed by atoms with van der Waals surface area (Å²) in [5.74, 6) is -0.138. The molecule has 0 fully saturated rings. The number of ether oxygens (including phenoxy) is 1. The van der Waals surface area contributed by atoms with Crippen LogP contribution in [0, 0.1) is 0 Å². The van der Waals surface area contributed by atoms with E-state index in [1.165, 1.54) is 19.3 Å². The van der Waals surface area contributed by atoms with Gasteiger partial charge in [0.15, 0.2) is 0 Å². The molecule has 4 N–H and O–H groups in total. The molecule has 0 aromatic carbocycles. The Kier molecular flexibility index (Phi) is 26.6. The summed E-state index contributed by atoms with van der Waals surface area (Å²) in [6.07, 6.45) is 17.9. The Bertz CT molecular complexity index is 510. The van der Waals surface area contributed by atoms with Crippen molar-refractivity contribution in [3.05, 3.63) is 24.4 Å². The van der Waals surface area contributed by atoms with Crippen LogP contribution in [0.1, 0.15) is 90.9 Å². The molecule has 0 saturated carbocycles. The Morgan fingerprint density at radius 3 is 2.18 bits per heavy atom. The topological polar surface area (TPSA) is 99.7 Å². The van der Waals surface area contributed by atoms with E-state index in [9.17, 15) is 9.59 Å². The molecule has 0 aromatic heterocycles. The van der Waals surface area contributed by atoms with Gasteiger partial charge in [-0.25, -0.2) is 0 Å². The van der Waals surface area contributed by atoms with E-state index in [0.29, 0.717) is 12.3 Å². The third-order valence-corrected chi connectivity index (χ3v) is 5.19. The van der Waals surface area contributed by atoms with E-state index in [2.05, 4.69) is 48.5 Å². The fourth-order valence-electron chi connectivity index (χ4n) is 3.25. The summed E-state index contributed by atoms with van der Waals surface area (Å²) in [6.45, 7) is 9.57. The van der Waals surface area contributed by atoms with Gasteiger partial charge in [0.25, 0.3) is 5.91 Å². The number of aliphatic hydroxyl groups is 1. The lowest BCUT2D eigenvalue weighted by molar-refractivity contribution is -0.126. The molecular formula is C26H51N3O4. The first-order valence-corrected chi connectivity index (χ1v) is 12.7. The summed E-state index contributed by atoms with van der Waals surface area (Å²) in [6, 6.07) is 0.285. The number of rotatable bonds is 21. The minimum Gasteiger partial charge on any atom is -0.400 e. The fourth-order valence-corrected chi connectivity index (χ4v) is 3.25. The molecule has 0 aromatic rings. The predicted molar refractivity (Wildman–Crippen MR) is 138 cm³/mol. The highest BCUT2D eigenvalue weighted by Gasteiger charge is 2.09. The molecule has 0 aliphatic carbocycles. The SMILES string of the molecule is C=C(NCCCC/C=C\CCCCCCCOCC(=O)NC(CC)CCC)C(=O)NC.CO. The van der Waals surface area contributed by atoms with E-state index in [-0.39, 0.29) is 24.5 Å². The zero-order chi connectivity index (χ0) is 25.2. The summed E-state index contributed by atoms with van der Waals surface area (Å²) in [7, 11) is 2.61. The molecule has 0 heterocycles. The lowest BCUT2D eigenvalue weighted by Gasteiger charge is -2.15. The van der Waals surface area contributed by atoms with Crippen molar-refractivity contribution in [1.82, 2.24) is 16.0 Å². The molecule has 1 atom stereocenters. The molecule has 0 radical (unpaired) electrons. The summed E-state index contributed by atoms with van der Waals surface area (Å²) >= 11 is 0. The quantitative estimate of drug-likeness (QED) is 0.115. The number of unbranched alkanes of at least 4 members (excludes halogenated alkanes) is 7. The first-order chi connectivity index (χ1) is 16.0. The minimum atomic E-state index is -0.150. The van der Waals surface area contributed by atoms with E-state index < -0.39 is 0 Å². The molecular weight excluding hydrogens is 418 g/mol. The monoisotopic (exact) mass is 469 g/mol. The van der Waals surface area contributed by atoms with Crippen LogP contribution in [0.15, 0.2) is 24.4 Å². The number of aliphatic hydroxyl groups excluding tert-OH is 1. The minimum absolute atomic E-state index is 0.0118. The standard InChI is InChI=1S/C25H47N3O3.CH4O/c1-5-18-23(6-2)28-24(29)21-31-20-17-15-13-11-9-7-8-10-12-14-16-19-27-22(3)25(30)26-4;1-2/h8,10,23,27H,3,5-7,9,11-21H2,1-2,4H3,(H,26,30)(H,28,29);2H,1H3/b10-8-;. The van der Waals surface area contributed by atoms with Crippen LogP contribution in [0.4, 0.5) is 0 Å². The van der Waals surface area contributed by atoms with E-state index in [0.717, 1.165) is 71.4 Å². The number of hydrogen-bond acceptors (Lipinski definition) is 5. The Morgan fingerprint density at radius 1 is 0.970 bits per heavy atom. The number of hydrogen-bond donors (Lipinski definition) is 4.